The van der Waals surface area contributed by atoms with Crippen molar-refractivity contribution in [1.29, 1.82) is 0 Å². The molecule has 1 aliphatic rings. The Morgan fingerprint density at radius 1 is 0.949 bits per heavy atom. The van der Waals surface area contributed by atoms with Crippen molar-refractivity contribution >= 4 is 45.6 Å². The van der Waals surface area contributed by atoms with Gasteiger partial charge in [0.05, 0.1) is 40.0 Å². The number of nitrogens with zero attached hydrogens (tertiary/aromatic N) is 4. The van der Waals surface area contributed by atoms with Gasteiger partial charge in [-0.3, -0.25) is 14.4 Å². The summed E-state index contributed by atoms with van der Waals surface area (Å²) in [5, 5.41) is 17.3. The Balaban J connectivity index is 0.905. The van der Waals surface area contributed by atoms with E-state index in [2.05, 4.69) is 50.8 Å². The molecule has 2 unspecified atom stereocenters. The minimum absolute atomic E-state index is 0.00837. The summed E-state index contributed by atoms with van der Waals surface area (Å²) in [5.41, 5.74) is 8.14. The van der Waals surface area contributed by atoms with Crippen LogP contribution in [0.2, 0.25) is 0 Å². The number of β-amino-alcohol motifs (C(OH)–C–C–N with tert-alkyl or cyclic N) is 1. The summed E-state index contributed by atoms with van der Waals surface area (Å²) in [7, 11) is 4.05. The van der Waals surface area contributed by atoms with Crippen LogP contribution in [0.25, 0.3) is 32.6 Å². The SMILES string of the molecule is Cc1ncsc1-c1ccc(CNC(=O)C2CC(O)CN2C(=O)[C@@H](NC(=O)COCCCCCOc2ccc3nc(-c4ccc(N(C)C)cc4)ccc3c2)C(C)(C)C)cc1. The molecule has 0 bridgehead atoms. The minimum atomic E-state index is -0.924. The van der Waals surface area contributed by atoms with Gasteiger partial charge in [-0.25, -0.2) is 9.97 Å². The van der Waals surface area contributed by atoms with Crippen LogP contribution < -0.4 is 20.3 Å². The van der Waals surface area contributed by atoms with E-state index in [1.54, 1.807) is 11.3 Å². The molecule has 0 aliphatic carbocycles. The number of carbonyl (C=O) groups excluding carboxylic acids is 3. The lowest BCUT2D eigenvalue weighted by atomic mass is 9.85. The molecule has 3 aromatic carbocycles. The first-order valence-electron chi connectivity index (χ1n) is 20.2. The van der Waals surface area contributed by atoms with Crippen LogP contribution >= 0.6 is 11.3 Å². The van der Waals surface area contributed by atoms with Crippen molar-refractivity contribution in [3.8, 4) is 27.4 Å². The Labute approximate surface area is 351 Å². The zero-order valence-electron chi connectivity index (χ0n) is 34.9. The maximum Gasteiger partial charge on any atom is 0.246 e. The molecule has 0 spiro atoms. The molecule has 6 rings (SSSR count). The number of thiazole rings is 1. The Morgan fingerprint density at radius 3 is 2.37 bits per heavy atom. The summed E-state index contributed by atoms with van der Waals surface area (Å²) in [6.07, 6.45) is 1.70. The summed E-state index contributed by atoms with van der Waals surface area (Å²) < 4.78 is 11.7. The Kier molecular flexibility index (Phi) is 14.3. The van der Waals surface area contributed by atoms with Gasteiger partial charge in [-0.1, -0.05) is 63.2 Å². The number of aromatic nitrogens is 2. The fourth-order valence-electron chi connectivity index (χ4n) is 7.11. The minimum Gasteiger partial charge on any atom is -0.494 e. The van der Waals surface area contributed by atoms with Crippen LogP contribution in [0.1, 0.15) is 57.7 Å². The van der Waals surface area contributed by atoms with Crippen molar-refractivity contribution in [1.82, 2.24) is 25.5 Å². The lowest BCUT2D eigenvalue weighted by Crippen LogP contribution is -2.58. The van der Waals surface area contributed by atoms with Gasteiger partial charge in [-0.15, -0.1) is 11.3 Å². The first-order valence-corrected chi connectivity index (χ1v) is 21.1. The van der Waals surface area contributed by atoms with E-state index in [1.165, 1.54) is 4.90 Å². The van der Waals surface area contributed by atoms with Crippen LogP contribution in [0.15, 0.2) is 84.4 Å². The van der Waals surface area contributed by atoms with Crippen LogP contribution in [-0.2, 0) is 25.7 Å². The second-order valence-electron chi connectivity index (χ2n) is 16.4. The highest BCUT2D eigenvalue weighted by atomic mass is 32.1. The molecule has 59 heavy (non-hydrogen) atoms. The Bertz CT molecular complexity index is 2200. The molecule has 3 amide bonds. The van der Waals surface area contributed by atoms with Gasteiger partial charge in [0, 0.05) is 56.8 Å². The lowest BCUT2D eigenvalue weighted by Gasteiger charge is -2.35. The predicted octanol–water partition coefficient (Wildman–Crippen LogP) is 6.77. The standard InChI is InChI=1S/C46H56N6O6S/c1-30-42(59-29-48-30)33-12-10-31(11-13-33)26-47-44(55)40-25-36(53)27-52(40)45(56)43(46(2,3)4)50-41(54)28-57-22-8-7-9-23-58-37-19-21-39-34(24-37)16-20-38(49-39)32-14-17-35(18-15-32)51(5)6/h10-21,24,29,36,40,43,53H,7-9,22-23,25-28H2,1-6H3,(H,47,55)(H,50,54)/t36?,40?,43-/m1/s1. The number of aryl methyl sites for hydroxylation is 1. The third-order valence-corrected chi connectivity index (χ3v) is 11.5. The third-order valence-electron chi connectivity index (χ3n) is 10.5. The van der Waals surface area contributed by atoms with Gasteiger partial charge < -0.3 is 35.0 Å². The van der Waals surface area contributed by atoms with Crippen molar-refractivity contribution < 1.29 is 29.0 Å². The number of benzene rings is 3. The van der Waals surface area contributed by atoms with Crippen LogP contribution in [0.4, 0.5) is 5.69 Å². The monoisotopic (exact) mass is 820 g/mol. The van der Waals surface area contributed by atoms with E-state index in [-0.39, 0.29) is 32.0 Å². The van der Waals surface area contributed by atoms with Crippen molar-refractivity contribution in [2.45, 2.75) is 78.1 Å². The fourth-order valence-corrected chi connectivity index (χ4v) is 7.92. The summed E-state index contributed by atoms with van der Waals surface area (Å²) >= 11 is 1.58. The normalized spacial score (nSPS) is 15.9. The maximum absolute atomic E-state index is 13.9. The number of hydrogen-bond acceptors (Lipinski definition) is 10. The number of fused-ring (bicyclic) bond motifs is 1. The average Bonchev–Trinajstić information content (AvgIpc) is 3.84. The number of aliphatic hydroxyl groups is 1. The molecule has 312 valence electrons. The molecule has 1 fully saturated rings. The maximum atomic E-state index is 13.9. The summed E-state index contributed by atoms with van der Waals surface area (Å²) in [6, 6.07) is 24.5. The second-order valence-corrected chi connectivity index (χ2v) is 17.3. The number of pyridine rings is 1. The third kappa shape index (κ3) is 11.4. The number of rotatable bonds is 17. The molecule has 3 atom stereocenters. The molecule has 5 aromatic rings. The zero-order valence-corrected chi connectivity index (χ0v) is 35.7. The summed E-state index contributed by atoms with van der Waals surface area (Å²) in [4.78, 5) is 54.1. The number of anilines is 1. The van der Waals surface area contributed by atoms with Gasteiger partial charge in [-0.2, -0.15) is 0 Å². The summed E-state index contributed by atoms with van der Waals surface area (Å²) in [5.74, 6) is -0.390. The van der Waals surface area contributed by atoms with Gasteiger partial charge >= 0.3 is 0 Å². The second kappa shape index (κ2) is 19.6. The number of carbonyl (C=O) groups is 3. The van der Waals surface area contributed by atoms with Crippen molar-refractivity contribution in [3.63, 3.8) is 0 Å². The van der Waals surface area contributed by atoms with Crippen LogP contribution in [0.5, 0.6) is 5.75 Å². The van der Waals surface area contributed by atoms with Crippen molar-refractivity contribution in [2.75, 3.05) is 45.4 Å². The van der Waals surface area contributed by atoms with E-state index in [1.807, 2.05) is 95.8 Å². The molecular formula is C46H56N6O6S. The number of unbranched alkanes of at least 4 members (excludes halogenated alkanes) is 2. The van der Waals surface area contributed by atoms with E-state index >= 15 is 0 Å². The van der Waals surface area contributed by atoms with Crippen molar-refractivity contribution in [2.24, 2.45) is 5.41 Å². The average molecular weight is 821 g/mol. The number of nitrogens with one attached hydrogen (secondary N) is 2. The van der Waals surface area contributed by atoms with Gasteiger partial charge in [-0.05, 0) is 79.1 Å². The lowest BCUT2D eigenvalue weighted by molar-refractivity contribution is -0.144. The number of aliphatic hydroxyl groups excluding tert-OH is 1. The van der Waals surface area contributed by atoms with E-state index in [0.29, 0.717) is 13.2 Å². The van der Waals surface area contributed by atoms with Gasteiger partial charge in [0.2, 0.25) is 17.7 Å². The summed E-state index contributed by atoms with van der Waals surface area (Å²) in [6.45, 7) is 8.57. The highest BCUT2D eigenvalue weighted by Crippen LogP contribution is 2.29. The Hall–Kier alpha value is -5.37. The molecule has 3 N–H and O–H groups in total. The fraction of sp³-hybridized carbons (Fsp3) is 0.413. The highest BCUT2D eigenvalue weighted by molar-refractivity contribution is 7.13. The van der Waals surface area contributed by atoms with E-state index in [9.17, 15) is 19.5 Å². The van der Waals surface area contributed by atoms with Crippen LogP contribution in [0.3, 0.4) is 0 Å². The van der Waals surface area contributed by atoms with Gasteiger partial charge in [0.25, 0.3) is 0 Å². The number of amides is 3. The molecule has 3 heterocycles. The number of hydrogen-bond donors (Lipinski definition) is 3. The van der Waals surface area contributed by atoms with E-state index in [4.69, 9.17) is 14.5 Å². The highest BCUT2D eigenvalue weighted by Gasteiger charge is 2.44. The molecule has 1 aliphatic heterocycles. The quantitative estimate of drug-likeness (QED) is 0.0866. The zero-order chi connectivity index (χ0) is 42.1. The van der Waals surface area contributed by atoms with E-state index in [0.717, 1.165) is 74.6 Å². The first-order chi connectivity index (χ1) is 28.3. The smallest absolute Gasteiger partial charge is 0.246 e. The molecule has 1 saturated heterocycles. The molecule has 0 radical (unpaired) electrons. The molecule has 12 nitrogen and oxygen atoms in total. The number of ether oxygens (including phenoxy) is 2. The largest absolute Gasteiger partial charge is 0.494 e. The molecule has 13 heteroatoms. The molecule has 0 saturated carbocycles. The number of likely N-dealkylation sites (tertiary alicyclic amines) is 1. The van der Waals surface area contributed by atoms with E-state index < -0.39 is 35.4 Å². The molecular weight excluding hydrogens is 765 g/mol. The topological polar surface area (TPSA) is 146 Å². The Morgan fingerprint density at radius 2 is 1.68 bits per heavy atom. The van der Waals surface area contributed by atoms with Gasteiger partial charge in [0.15, 0.2) is 0 Å². The van der Waals surface area contributed by atoms with Crippen molar-refractivity contribution in [3.05, 3.63) is 95.6 Å². The predicted molar refractivity (Wildman–Crippen MR) is 233 cm³/mol. The molecule has 2 aromatic heterocycles. The van der Waals surface area contributed by atoms with Gasteiger partial charge in [0.1, 0.15) is 24.4 Å². The van der Waals surface area contributed by atoms with Crippen LogP contribution in [0, 0.1) is 12.3 Å². The first kappa shape index (κ1) is 43.2. The van der Waals surface area contributed by atoms with Crippen LogP contribution in [-0.4, -0.2) is 96.3 Å².